The van der Waals surface area contributed by atoms with Crippen LogP contribution in [0.1, 0.15) is 0 Å². The standard InChI is InChI=1S/C9H8N2.C6H7ClN2.C3H6ClNO2/c10-9-8-4-2-1-3-7(8)5-6-11-9;7-5-2-1-4(8)3-6(5)9;4-1-2-7-3(5)6/h1-6H,(H2,10,11);1-3H,8-9H2;1-2H2,(H2,5,6). The van der Waals surface area contributed by atoms with Crippen molar-refractivity contribution in [3.8, 4) is 0 Å². The molecule has 1 aromatic heterocycles. The SMILES string of the molecule is NC(=O)OCCCl.Nc1ccc(Cl)c(N)c1.Nc1nccc2ccccc12. The number of anilines is 3. The second-order valence-electron chi connectivity index (χ2n) is 5.05. The number of primary amides is 1. The first-order valence-corrected chi connectivity index (χ1v) is 8.64. The molecule has 2 aromatic carbocycles. The van der Waals surface area contributed by atoms with Crippen molar-refractivity contribution in [3.63, 3.8) is 0 Å². The second kappa shape index (κ2) is 11.7. The van der Waals surface area contributed by atoms with Gasteiger partial charge in [0.25, 0.3) is 0 Å². The van der Waals surface area contributed by atoms with Crippen LogP contribution in [-0.4, -0.2) is 23.6 Å². The molecule has 27 heavy (non-hydrogen) atoms. The summed E-state index contributed by atoms with van der Waals surface area (Å²) in [7, 11) is 0. The fourth-order valence-corrected chi connectivity index (χ4v) is 2.04. The molecule has 0 saturated carbocycles. The Morgan fingerprint density at radius 2 is 1.78 bits per heavy atom. The van der Waals surface area contributed by atoms with E-state index in [-0.39, 0.29) is 6.61 Å². The number of ether oxygens (including phenoxy) is 1. The average Bonchev–Trinajstić information content (AvgIpc) is 2.65. The maximum Gasteiger partial charge on any atom is 0.404 e. The monoisotopic (exact) mass is 409 g/mol. The Bertz CT molecular complexity index is 872. The van der Waals surface area contributed by atoms with Gasteiger partial charge in [-0.1, -0.05) is 35.9 Å². The van der Waals surface area contributed by atoms with E-state index in [0.717, 1.165) is 10.8 Å². The number of pyridine rings is 1. The van der Waals surface area contributed by atoms with E-state index in [1.54, 1.807) is 24.4 Å². The van der Waals surface area contributed by atoms with E-state index in [1.165, 1.54) is 0 Å². The first-order chi connectivity index (χ1) is 12.8. The summed E-state index contributed by atoms with van der Waals surface area (Å²) in [5, 5.41) is 2.71. The van der Waals surface area contributed by atoms with Crippen molar-refractivity contribution in [1.29, 1.82) is 0 Å². The van der Waals surface area contributed by atoms with E-state index < -0.39 is 6.09 Å². The number of nitrogens with two attached hydrogens (primary N) is 4. The number of nitrogens with zero attached hydrogens (tertiary/aromatic N) is 1. The van der Waals surface area contributed by atoms with E-state index in [9.17, 15) is 4.79 Å². The van der Waals surface area contributed by atoms with Gasteiger partial charge < -0.3 is 27.7 Å². The molecule has 1 heterocycles. The van der Waals surface area contributed by atoms with Gasteiger partial charge in [-0.3, -0.25) is 0 Å². The van der Waals surface area contributed by atoms with Crippen LogP contribution in [0.15, 0.2) is 54.7 Å². The number of fused-ring (bicyclic) bond motifs is 1. The number of hydrogen-bond donors (Lipinski definition) is 4. The third-order valence-electron chi connectivity index (χ3n) is 3.05. The minimum Gasteiger partial charge on any atom is -0.448 e. The molecule has 3 rings (SSSR count). The highest BCUT2D eigenvalue weighted by molar-refractivity contribution is 6.33. The van der Waals surface area contributed by atoms with E-state index >= 15 is 0 Å². The number of carbonyl (C=O) groups is 1. The number of aromatic nitrogens is 1. The predicted octanol–water partition coefficient (Wildman–Crippen LogP) is 3.64. The molecule has 0 aliphatic heterocycles. The zero-order valence-corrected chi connectivity index (χ0v) is 16.0. The number of nitrogen functional groups attached to an aromatic ring is 3. The number of alkyl halides is 1. The highest BCUT2D eigenvalue weighted by Gasteiger charge is 1.94. The van der Waals surface area contributed by atoms with Crippen molar-refractivity contribution >= 4 is 57.3 Å². The van der Waals surface area contributed by atoms with E-state index in [2.05, 4.69) is 15.5 Å². The van der Waals surface area contributed by atoms with Gasteiger partial charge in [0.2, 0.25) is 0 Å². The Kier molecular flexibility index (Phi) is 9.57. The van der Waals surface area contributed by atoms with Crippen molar-refractivity contribution < 1.29 is 9.53 Å². The van der Waals surface area contributed by atoms with Gasteiger partial charge in [0.05, 0.1) is 16.6 Å². The third-order valence-corrected chi connectivity index (χ3v) is 3.54. The van der Waals surface area contributed by atoms with Gasteiger partial charge in [0, 0.05) is 17.3 Å². The number of amides is 1. The maximum absolute atomic E-state index is 9.70. The van der Waals surface area contributed by atoms with Crippen LogP contribution in [0.25, 0.3) is 10.8 Å². The largest absolute Gasteiger partial charge is 0.448 e. The third kappa shape index (κ3) is 8.35. The van der Waals surface area contributed by atoms with Crippen LogP contribution >= 0.6 is 23.2 Å². The van der Waals surface area contributed by atoms with Crippen molar-refractivity contribution in [1.82, 2.24) is 4.98 Å². The topological polar surface area (TPSA) is 143 Å². The minimum atomic E-state index is -0.777. The van der Waals surface area contributed by atoms with Gasteiger partial charge in [-0.15, -0.1) is 11.6 Å². The molecule has 0 radical (unpaired) electrons. The molecule has 0 aliphatic rings. The Labute approximate surface area is 167 Å². The summed E-state index contributed by atoms with van der Waals surface area (Å²) in [5.41, 5.74) is 22.2. The van der Waals surface area contributed by atoms with Gasteiger partial charge in [-0.05, 0) is 29.7 Å². The summed E-state index contributed by atoms with van der Waals surface area (Å²) in [6.07, 6.45) is 0.943. The zero-order valence-electron chi connectivity index (χ0n) is 14.4. The van der Waals surface area contributed by atoms with E-state index in [0.29, 0.717) is 28.1 Å². The Balaban J connectivity index is 0.000000209. The smallest absolute Gasteiger partial charge is 0.404 e. The van der Waals surface area contributed by atoms with Crippen LogP contribution in [0, 0.1) is 0 Å². The van der Waals surface area contributed by atoms with Crippen LogP contribution in [0.3, 0.4) is 0 Å². The molecule has 3 aromatic rings. The molecule has 0 unspecified atom stereocenters. The number of halogens is 2. The lowest BCUT2D eigenvalue weighted by atomic mass is 10.2. The second-order valence-corrected chi connectivity index (χ2v) is 5.84. The van der Waals surface area contributed by atoms with Gasteiger partial charge in [-0.2, -0.15) is 0 Å². The van der Waals surface area contributed by atoms with Gasteiger partial charge in [0.1, 0.15) is 12.4 Å². The minimum absolute atomic E-state index is 0.191. The molecular formula is C18H21Cl2N5O2. The Hall–Kier alpha value is -2.90. The molecule has 0 bridgehead atoms. The number of hydrogen-bond acceptors (Lipinski definition) is 6. The highest BCUT2D eigenvalue weighted by Crippen LogP contribution is 2.20. The fourth-order valence-electron chi connectivity index (χ4n) is 1.84. The molecule has 0 fully saturated rings. The summed E-state index contributed by atoms with van der Waals surface area (Å²) >= 11 is 10.7. The first-order valence-electron chi connectivity index (χ1n) is 7.73. The molecule has 9 heteroatoms. The van der Waals surface area contributed by atoms with Gasteiger partial charge >= 0.3 is 6.09 Å². The lowest BCUT2D eigenvalue weighted by Crippen LogP contribution is -2.13. The average molecular weight is 410 g/mol. The number of rotatable bonds is 2. The molecule has 7 nitrogen and oxygen atoms in total. The molecular weight excluding hydrogens is 389 g/mol. The van der Waals surface area contributed by atoms with Crippen molar-refractivity contribution in [2.24, 2.45) is 5.73 Å². The van der Waals surface area contributed by atoms with Crippen molar-refractivity contribution in [2.45, 2.75) is 0 Å². The fraction of sp³-hybridized carbons (Fsp3) is 0.111. The molecule has 0 aliphatic carbocycles. The van der Waals surface area contributed by atoms with Crippen LogP contribution in [0.4, 0.5) is 22.0 Å². The normalized spacial score (nSPS) is 9.41. The van der Waals surface area contributed by atoms with E-state index in [4.69, 9.17) is 40.4 Å². The molecule has 0 atom stereocenters. The Morgan fingerprint density at radius 3 is 2.30 bits per heavy atom. The van der Waals surface area contributed by atoms with Crippen LogP contribution in [0.2, 0.25) is 5.02 Å². The van der Waals surface area contributed by atoms with Crippen molar-refractivity contribution in [3.05, 3.63) is 59.8 Å². The quantitative estimate of drug-likeness (QED) is 0.375. The van der Waals surface area contributed by atoms with E-state index in [1.807, 2.05) is 30.3 Å². The molecule has 8 N–H and O–H groups in total. The highest BCUT2D eigenvalue weighted by atomic mass is 35.5. The van der Waals surface area contributed by atoms with Crippen molar-refractivity contribution in [2.75, 3.05) is 29.7 Å². The molecule has 0 spiro atoms. The van der Waals surface area contributed by atoms with Gasteiger partial charge in [0.15, 0.2) is 0 Å². The van der Waals surface area contributed by atoms with Crippen LogP contribution in [0.5, 0.6) is 0 Å². The lowest BCUT2D eigenvalue weighted by molar-refractivity contribution is 0.164. The van der Waals surface area contributed by atoms with Gasteiger partial charge in [-0.25, -0.2) is 9.78 Å². The molecule has 144 valence electrons. The molecule has 0 saturated heterocycles. The summed E-state index contributed by atoms with van der Waals surface area (Å²) in [4.78, 5) is 13.7. The number of carbonyl (C=O) groups excluding carboxylic acids is 1. The maximum atomic E-state index is 9.70. The molecule has 1 amide bonds. The zero-order chi connectivity index (χ0) is 20.2. The summed E-state index contributed by atoms with van der Waals surface area (Å²) in [5.74, 6) is 0.895. The first kappa shape index (κ1) is 22.1. The lowest BCUT2D eigenvalue weighted by Gasteiger charge is -1.97. The van der Waals surface area contributed by atoms with Crippen LogP contribution < -0.4 is 22.9 Å². The van der Waals surface area contributed by atoms with Crippen LogP contribution in [-0.2, 0) is 4.74 Å². The summed E-state index contributed by atoms with van der Waals surface area (Å²) in [6, 6.07) is 14.9. The number of benzene rings is 2. The predicted molar refractivity (Wildman–Crippen MR) is 113 cm³/mol. The Morgan fingerprint density at radius 1 is 1.07 bits per heavy atom. The summed E-state index contributed by atoms with van der Waals surface area (Å²) < 4.78 is 4.20. The summed E-state index contributed by atoms with van der Waals surface area (Å²) in [6.45, 7) is 0.191.